The SMILES string of the molecule is CCCCCC(=O)/C=C/[C@H]1CCCC(=O)N1CC#CCCCC(=O)OC. The zero-order valence-corrected chi connectivity index (χ0v) is 16.1. The fourth-order valence-electron chi connectivity index (χ4n) is 2.86. The number of methoxy groups -OCH3 is 1. The second-order valence-electron chi connectivity index (χ2n) is 6.55. The van der Waals surface area contributed by atoms with Crippen LogP contribution in [-0.2, 0) is 19.1 Å². The van der Waals surface area contributed by atoms with Gasteiger partial charge in [-0.1, -0.05) is 31.8 Å². The Morgan fingerprint density at radius 1 is 1.23 bits per heavy atom. The summed E-state index contributed by atoms with van der Waals surface area (Å²) in [6, 6.07) is -0.0456. The summed E-state index contributed by atoms with van der Waals surface area (Å²) in [6.45, 7) is 2.48. The van der Waals surface area contributed by atoms with Crippen LogP contribution in [0.1, 0.15) is 71.1 Å². The molecule has 1 aliphatic rings. The van der Waals surface area contributed by atoms with Gasteiger partial charge in [-0.2, -0.15) is 0 Å². The molecule has 1 fully saturated rings. The fourth-order valence-corrected chi connectivity index (χ4v) is 2.86. The van der Waals surface area contributed by atoms with Crippen LogP contribution in [0.25, 0.3) is 0 Å². The molecule has 1 saturated heterocycles. The lowest BCUT2D eigenvalue weighted by molar-refractivity contribution is -0.140. The first kappa shape index (κ1) is 22.0. The Kier molecular flexibility index (Phi) is 11.1. The first-order chi connectivity index (χ1) is 12.6. The van der Waals surface area contributed by atoms with Crippen molar-refractivity contribution in [1.82, 2.24) is 4.90 Å². The van der Waals surface area contributed by atoms with E-state index in [4.69, 9.17) is 0 Å². The summed E-state index contributed by atoms with van der Waals surface area (Å²) in [6.07, 6.45) is 11.0. The van der Waals surface area contributed by atoms with Crippen molar-refractivity contribution in [3.05, 3.63) is 12.2 Å². The van der Waals surface area contributed by atoms with Crippen LogP contribution >= 0.6 is 0 Å². The van der Waals surface area contributed by atoms with E-state index in [1.807, 2.05) is 6.08 Å². The average Bonchev–Trinajstić information content (AvgIpc) is 2.64. The summed E-state index contributed by atoms with van der Waals surface area (Å²) in [4.78, 5) is 36.9. The standard InChI is InChI=1S/C21H31NO4/c1-3-4-7-12-19(23)16-15-18-11-10-13-20(24)22(18)17-9-6-5-8-14-21(25)26-2/h15-16,18H,3-5,7-8,10-14,17H2,1-2H3/b16-15+/t18-/m1/s1. The monoisotopic (exact) mass is 361 g/mol. The number of unbranched alkanes of at least 4 members (excludes halogenated alkanes) is 3. The lowest BCUT2D eigenvalue weighted by Gasteiger charge is -2.32. The van der Waals surface area contributed by atoms with Gasteiger partial charge in [0, 0.05) is 25.7 Å². The van der Waals surface area contributed by atoms with Gasteiger partial charge in [-0.15, -0.1) is 5.92 Å². The number of hydrogen-bond donors (Lipinski definition) is 0. The molecule has 1 amide bonds. The molecule has 0 radical (unpaired) electrons. The third-order valence-electron chi connectivity index (χ3n) is 4.43. The highest BCUT2D eigenvalue weighted by Crippen LogP contribution is 2.19. The molecule has 1 atom stereocenters. The van der Waals surface area contributed by atoms with Crippen molar-refractivity contribution in [3.63, 3.8) is 0 Å². The van der Waals surface area contributed by atoms with Crippen LogP contribution in [0.3, 0.4) is 0 Å². The Labute approximate surface area is 157 Å². The van der Waals surface area contributed by atoms with Gasteiger partial charge < -0.3 is 9.64 Å². The molecule has 1 heterocycles. The maximum atomic E-state index is 12.2. The van der Waals surface area contributed by atoms with Crippen LogP contribution in [0.4, 0.5) is 0 Å². The maximum absolute atomic E-state index is 12.2. The van der Waals surface area contributed by atoms with E-state index < -0.39 is 0 Å². The van der Waals surface area contributed by atoms with Crippen molar-refractivity contribution >= 4 is 17.7 Å². The number of allylic oxidation sites excluding steroid dienone is 1. The van der Waals surface area contributed by atoms with Crippen LogP contribution < -0.4 is 0 Å². The number of ketones is 1. The van der Waals surface area contributed by atoms with Crippen LogP contribution in [0.5, 0.6) is 0 Å². The highest BCUT2D eigenvalue weighted by atomic mass is 16.5. The minimum atomic E-state index is -0.230. The van der Waals surface area contributed by atoms with Crippen LogP contribution in [0, 0.1) is 11.8 Å². The first-order valence-corrected chi connectivity index (χ1v) is 9.61. The Hall–Kier alpha value is -2.09. The second kappa shape index (κ2) is 13.2. The number of amides is 1. The smallest absolute Gasteiger partial charge is 0.305 e. The molecule has 5 heteroatoms. The van der Waals surface area contributed by atoms with Gasteiger partial charge in [-0.05, 0) is 31.8 Å². The van der Waals surface area contributed by atoms with Gasteiger partial charge in [0.2, 0.25) is 5.91 Å². The molecular weight excluding hydrogens is 330 g/mol. The zero-order chi connectivity index (χ0) is 19.2. The third kappa shape index (κ3) is 8.84. The van der Waals surface area contributed by atoms with Crippen molar-refractivity contribution in [1.29, 1.82) is 0 Å². The third-order valence-corrected chi connectivity index (χ3v) is 4.43. The lowest BCUT2D eigenvalue weighted by atomic mass is 10.00. The Balaban J connectivity index is 2.48. The van der Waals surface area contributed by atoms with E-state index in [9.17, 15) is 14.4 Å². The normalized spacial score (nSPS) is 17.1. The highest BCUT2D eigenvalue weighted by Gasteiger charge is 2.25. The van der Waals surface area contributed by atoms with Crippen molar-refractivity contribution in [2.24, 2.45) is 0 Å². The topological polar surface area (TPSA) is 63.7 Å². The number of carbonyl (C=O) groups excluding carboxylic acids is 3. The summed E-state index contributed by atoms with van der Waals surface area (Å²) in [5.41, 5.74) is 0. The van der Waals surface area contributed by atoms with Gasteiger partial charge in [-0.3, -0.25) is 14.4 Å². The summed E-state index contributed by atoms with van der Waals surface area (Å²) >= 11 is 0. The molecule has 144 valence electrons. The predicted octanol–water partition coefficient (Wildman–Crippen LogP) is 3.42. The molecule has 0 saturated carbocycles. The second-order valence-corrected chi connectivity index (χ2v) is 6.55. The van der Waals surface area contributed by atoms with Crippen molar-refractivity contribution in [3.8, 4) is 11.8 Å². The van der Waals surface area contributed by atoms with E-state index in [1.165, 1.54) is 7.11 Å². The Morgan fingerprint density at radius 2 is 2.04 bits per heavy atom. The molecule has 0 unspecified atom stereocenters. The molecule has 1 aliphatic heterocycles. The lowest BCUT2D eigenvalue weighted by Crippen LogP contribution is -2.42. The molecule has 0 N–H and O–H groups in total. The summed E-state index contributed by atoms with van der Waals surface area (Å²) in [5.74, 6) is 6.02. The summed E-state index contributed by atoms with van der Waals surface area (Å²) in [7, 11) is 1.37. The number of rotatable bonds is 10. The fraction of sp³-hybridized carbons (Fsp3) is 0.667. The molecule has 0 aliphatic carbocycles. The molecule has 0 bridgehead atoms. The molecule has 0 aromatic rings. The molecule has 5 nitrogen and oxygen atoms in total. The van der Waals surface area contributed by atoms with Crippen LogP contribution in [0.15, 0.2) is 12.2 Å². The molecule has 26 heavy (non-hydrogen) atoms. The Bertz CT molecular complexity index is 556. The molecule has 0 spiro atoms. The number of nitrogens with zero attached hydrogens (tertiary/aromatic N) is 1. The number of ether oxygens (including phenoxy) is 1. The van der Waals surface area contributed by atoms with Crippen LogP contribution in [-0.4, -0.2) is 42.3 Å². The summed E-state index contributed by atoms with van der Waals surface area (Å²) < 4.78 is 4.58. The quantitative estimate of drug-likeness (QED) is 0.259. The van der Waals surface area contributed by atoms with Crippen molar-refractivity contribution in [2.45, 2.75) is 77.2 Å². The van der Waals surface area contributed by atoms with E-state index in [0.717, 1.165) is 32.1 Å². The van der Waals surface area contributed by atoms with Crippen molar-refractivity contribution in [2.75, 3.05) is 13.7 Å². The molecule has 1 rings (SSSR count). The van der Waals surface area contributed by atoms with E-state index in [2.05, 4.69) is 23.5 Å². The van der Waals surface area contributed by atoms with E-state index in [0.29, 0.717) is 38.6 Å². The van der Waals surface area contributed by atoms with Gasteiger partial charge in [0.25, 0.3) is 0 Å². The number of hydrogen-bond acceptors (Lipinski definition) is 4. The number of likely N-dealkylation sites (tertiary alicyclic amines) is 1. The minimum absolute atomic E-state index is 0.0456. The van der Waals surface area contributed by atoms with Gasteiger partial charge >= 0.3 is 5.97 Å². The molecular formula is C21H31NO4. The maximum Gasteiger partial charge on any atom is 0.305 e. The molecule has 0 aromatic heterocycles. The summed E-state index contributed by atoms with van der Waals surface area (Å²) in [5, 5.41) is 0. The van der Waals surface area contributed by atoms with Gasteiger partial charge in [0.1, 0.15) is 0 Å². The van der Waals surface area contributed by atoms with E-state index in [1.54, 1.807) is 11.0 Å². The van der Waals surface area contributed by atoms with Gasteiger partial charge in [-0.25, -0.2) is 0 Å². The number of esters is 1. The largest absolute Gasteiger partial charge is 0.469 e. The molecule has 0 aromatic carbocycles. The zero-order valence-electron chi connectivity index (χ0n) is 16.1. The highest BCUT2D eigenvalue weighted by molar-refractivity contribution is 5.89. The number of carbonyl (C=O) groups is 3. The van der Waals surface area contributed by atoms with E-state index in [-0.39, 0.29) is 23.7 Å². The predicted molar refractivity (Wildman–Crippen MR) is 101 cm³/mol. The van der Waals surface area contributed by atoms with Gasteiger partial charge in [0.15, 0.2) is 5.78 Å². The Morgan fingerprint density at radius 3 is 2.77 bits per heavy atom. The van der Waals surface area contributed by atoms with Crippen molar-refractivity contribution < 1.29 is 19.1 Å². The van der Waals surface area contributed by atoms with Crippen LogP contribution in [0.2, 0.25) is 0 Å². The minimum Gasteiger partial charge on any atom is -0.469 e. The number of piperidine rings is 1. The first-order valence-electron chi connectivity index (χ1n) is 9.61. The van der Waals surface area contributed by atoms with Gasteiger partial charge in [0.05, 0.1) is 19.7 Å². The average molecular weight is 361 g/mol. The van der Waals surface area contributed by atoms with E-state index >= 15 is 0 Å².